The van der Waals surface area contributed by atoms with Gasteiger partial charge in [-0.1, -0.05) is 6.07 Å². The highest BCUT2D eigenvalue weighted by Gasteiger charge is 2.64. The second-order valence-electron chi connectivity index (χ2n) is 10.0. The second kappa shape index (κ2) is 9.00. The van der Waals surface area contributed by atoms with E-state index in [0.29, 0.717) is 0 Å². The number of phenols is 1. The maximum Gasteiger partial charge on any atom is 0.265 e. The number of aromatic hydroxyl groups is 1. The Morgan fingerprint density at radius 2 is 1.92 bits per heavy atom. The maximum absolute atomic E-state index is 15.3. The van der Waals surface area contributed by atoms with Crippen molar-refractivity contribution in [1.29, 1.82) is 0 Å². The van der Waals surface area contributed by atoms with Gasteiger partial charge in [0.25, 0.3) is 11.8 Å². The number of carbonyl (C=O) groups is 4. The Hall–Kier alpha value is -4.07. The smallest absolute Gasteiger partial charge is 0.265 e. The van der Waals surface area contributed by atoms with Crippen LogP contribution in [0.2, 0.25) is 0 Å². The number of aliphatic hydroxyl groups is 3. The number of benzene rings is 1. The van der Waals surface area contributed by atoms with E-state index in [1.807, 2.05) is 0 Å². The van der Waals surface area contributed by atoms with Gasteiger partial charge in [-0.05, 0) is 44.3 Å². The van der Waals surface area contributed by atoms with E-state index in [9.17, 15) is 39.6 Å². The molecule has 3 aliphatic carbocycles. The van der Waals surface area contributed by atoms with E-state index >= 15 is 4.39 Å². The van der Waals surface area contributed by atoms with Crippen molar-refractivity contribution in [3.8, 4) is 5.75 Å². The largest absolute Gasteiger partial charge is 0.508 e. The summed E-state index contributed by atoms with van der Waals surface area (Å²) in [6.45, 7) is 0. The van der Waals surface area contributed by atoms with Crippen molar-refractivity contribution in [2.24, 2.45) is 17.6 Å². The molecule has 0 unspecified atom stereocenters. The molecule has 3 aliphatic rings. The summed E-state index contributed by atoms with van der Waals surface area (Å²) in [4.78, 5) is 53.1. The normalized spacial score (nSPS) is 26.3. The number of ketones is 2. The number of phenolic OH excluding ortho intramolecular Hbond substituents is 1. The number of thiophene rings is 1. The van der Waals surface area contributed by atoms with E-state index in [1.165, 1.54) is 25.1 Å². The number of rotatable bonds is 4. The quantitative estimate of drug-likeness (QED) is 0.238. The van der Waals surface area contributed by atoms with Gasteiger partial charge in [0, 0.05) is 23.1 Å². The van der Waals surface area contributed by atoms with Gasteiger partial charge in [0.05, 0.1) is 22.2 Å². The van der Waals surface area contributed by atoms with Crippen LogP contribution in [0.1, 0.15) is 27.2 Å². The molecule has 1 saturated carbocycles. The number of likely N-dealkylation sites (N-methyl/N-ethyl adjacent to an activating group) is 1. The first kappa shape index (κ1) is 26.5. The Balaban J connectivity index is 1.66. The molecule has 0 radical (unpaired) electrons. The highest BCUT2D eigenvalue weighted by atomic mass is 32.1. The van der Waals surface area contributed by atoms with Crippen LogP contribution in [0.5, 0.6) is 5.75 Å². The highest BCUT2D eigenvalue weighted by molar-refractivity contribution is 7.12. The van der Waals surface area contributed by atoms with Crippen LogP contribution in [0.4, 0.5) is 10.1 Å². The van der Waals surface area contributed by atoms with Crippen molar-refractivity contribution < 1.29 is 44.0 Å². The van der Waals surface area contributed by atoms with Crippen molar-refractivity contribution in [3.05, 3.63) is 62.3 Å². The van der Waals surface area contributed by atoms with Gasteiger partial charge in [-0.15, -0.1) is 11.3 Å². The number of carbonyl (C=O) groups excluding carboxylic acids is 4. The lowest BCUT2D eigenvalue weighted by Gasteiger charge is -2.50. The topological polar surface area (TPSA) is 190 Å². The summed E-state index contributed by atoms with van der Waals surface area (Å²) in [6.07, 6.45) is -0.365. The second-order valence-corrected chi connectivity index (χ2v) is 10.9. The number of aliphatic hydroxyl groups excluding tert-OH is 2. The van der Waals surface area contributed by atoms with E-state index in [4.69, 9.17) is 5.73 Å². The number of nitrogens with one attached hydrogen (secondary N) is 1. The lowest BCUT2D eigenvalue weighted by atomic mass is 9.57. The van der Waals surface area contributed by atoms with Gasteiger partial charge >= 0.3 is 0 Å². The summed E-state index contributed by atoms with van der Waals surface area (Å²) in [6, 6.07) is 2.81. The summed E-state index contributed by atoms with van der Waals surface area (Å²) >= 11 is 1.11. The molecule has 0 aliphatic heterocycles. The molecule has 1 aromatic heterocycles. The molecule has 0 spiro atoms. The Morgan fingerprint density at radius 3 is 2.51 bits per heavy atom. The SMILES string of the molecule is CN(C)[C@@H]1C(=O)C(C(N)=O)=C(O)[C@@]2(O)C(=O)C3=C(O)c4c(O)c(NC(=O)c5cccs5)cc(F)c4C[C@H]3C[C@@H]12. The maximum atomic E-state index is 15.3. The minimum absolute atomic E-state index is 0.132. The van der Waals surface area contributed by atoms with E-state index < -0.39 is 86.7 Å². The fourth-order valence-electron chi connectivity index (χ4n) is 5.95. The van der Waals surface area contributed by atoms with Gasteiger partial charge in [-0.2, -0.15) is 0 Å². The molecule has 13 heteroatoms. The molecule has 1 heterocycles. The van der Waals surface area contributed by atoms with Crippen molar-refractivity contribution in [2.45, 2.75) is 24.5 Å². The fourth-order valence-corrected chi connectivity index (χ4v) is 6.57. The summed E-state index contributed by atoms with van der Waals surface area (Å²) in [7, 11) is 2.97. The van der Waals surface area contributed by atoms with Crippen molar-refractivity contribution >= 4 is 46.2 Å². The number of Topliss-reactive ketones (excluding diaryl/α,β-unsaturated/α-hetero) is 2. The Morgan fingerprint density at radius 1 is 1.23 bits per heavy atom. The zero-order valence-electron chi connectivity index (χ0n) is 20.7. The molecular formula is C26H24FN3O8S. The zero-order chi connectivity index (χ0) is 28.5. The standard InChI is InChI=1S/C26H24FN3O8S/c1-30(2)18-11-7-9-6-10-12(27)8-13(29-25(37)14-4-3-5-39-14)19(31)16(10)20(32)15(9)22(34)26(11,38)23(35)17(21(18)33)24(28)36/h3-5,8-9,11,18,31-32,35,38H,6-7H2,1-2H3,(H2,28,36)(H,29,37)/t9-,11-,18-,26-/m0/s1. The number of anilines is 1. The molecule has 204 valence electrons. The number of halogens is 1. The summed E-state index contributed by atoms with van der Waals surface area (Å²) < 4.78 is 15.3. The first-order chi connectivity index (χ1) is 18.3. The van der Waals surface area contributed by atoms with Crippen LogP contribution in [0.25, 0.3) is 5.76 Å². The molecule has 0 saturated heterocycles. The van der Waals surface area contributed by atoms with E-state index in [0.717, 1.165) is 17.4 Å². The van der Waals surface area contributed by atoms with Crippen LogP contribution in [0, 0.1) is 17.7 Å². The molecule has 1 aromatic carbocycles. The van der Waals surface area contributed by atoms with Crippen molar-refractivity contribution in [1.82, 2.24) is 4.90 Å². The van der Waals surface area contributed by atoms with Gasteiger partial charge in [0.15, 0.2) is 17.1 Å². The van der Waals surface area contributed by atoms with Gasteiger partial charge in [0.2, 0.25) is 5.78 Å². The van der Waals surface area contributed by atoms with Gasteiger partial charge in [-0.25, -0.2) is 4.39 Å². The van der Waals surface area contributed by atoms with Crippen molar-refractivity contribution in [2.75, 3.05) is 19.4 Å². The predicted molar refractivity (Wildman–Crippen MR) is 136 cm³/mol. The summed E-state index contributed by atoms with van der Waals surface area (Å²) in [5, 5.41) is 48.6. The number of hydrogen-bond donors (Lipinski definition) is 6. The molecule has 7 N–H and O–H groups in total. The number of hydrogen-bond acceptors (Lipinski definition) is 10. The molecule has 2 amide bonds. The van der Waals surface area contributed by atoms with Crippen LogP contribution in [-0.4, -0.2) is 74.4 Å². The monoisotopic (exact) mass is 557 g/mol. The minimum Gasteiger partial charge on any atom is -0.508 e. The summed E-state index contributed by atoms with van der Waals surface area (Å²) in [5.41, 5.74) is 0.212. The first-order valence-corrected chi connectivity index (χ1v) is 12.7. The Kier molecular flexibility index (Phi) is 6.12. The van der Waals surface area contributed by atoms with Gasteiger partial charge in [0.1, 0.15) is 22.9 Å². The lowest BCUT2D eigenvalue weighted by molar-refractivity contribution is -0.153. The average molecular weight is 558 g/mol. The number of fused-ring (bicyclic) bond motifs is 3. The average Bonchev–Trinajstić information content (AvgIpc) is 3.39. The number of primary amides is 1. The molecule has 11 nitrogen and oxygen atoms in total. The van der Waals surface area contributed by atoms with Gasteiger partial charge < -0.3 is 31.5 Å². The minimum atomic E-state index is -2.80. The Bertz CT molecular complexity index is 1530. The van der Waals surface area contributed by atoms with Crippen LogP contribution in [0.3, 0.4) is 0 Å². The number of amides is 2. The summed E-state index contributed by atoms with van der Waals surface area (Å²) in [5.74, 6) is -9.89. The van der Waals surface area contributed by atoms with Crippen molar-refractivity contribution in [3.63, 3.8) is 0 Å². The number of nitrogens with two attached hydrogens (primary N) is 1. The molecule has 1 fully saturated rings. The first-order valence-electron chi connectivity index (χ1n) is 11.8. The van der Waals surface area contributed by atoms with E-state index in [2.05, 4.69) is 5.32 Å². The highest BCUT2D eigenvalue weighted by Crippen LogP contribution is 2.53. The molecule has 5 rings (SSSR count). The lowest BCUT2D eigenvalue weighted by Crippen LogP contribution is -2.65. The zero-order valence-corrected chi connectivity index (χ0v) is 21.5. The molecule has 2 aromatic rings. The third-order valence-corrected chi connectivity index (χ3v) is 8.53. The molecule has 0 bridgehead atoms. The molecular weight excluding hydrogens is 533 g/mol. The van der Waals surface area contributed by atoms with Crippen LogP contribution in [-0.2, 0) is 20.8 Å². The van der Waals surface area contributed by atoms with E-state index in [1.54, 1.807) is 11.4 Å². The molecule has 4 atom stereocenters. The van der Waals surface area contributed by atoms with Crippen LogP contribution >= 0.6 is 11.3 Å². The fraction of sp³-hybridized carbons (Fsp3) is 0.308. The third kappa shape index (κ3) is 3.68. The predicted octanol–water partition coefficient (Wildman–Crippen LogP) is 1.42. The van der Waals surface area contributed by atoms with Crippen LogP contribution < -0.4 is 11.1 Å². The molecule has 39 heavy (non-hydrogen) atoms. The van der Waals surface area contributed by atoms with E-state index in [-0.39, 0.29) is 29.0 Å². The number of nitrogens with zero attached hydrogens (tertiary/aromatic N) is 1. The van der Waals surface area contributed by atoms with Gasteiger partial charge in [-0.3, -0.25) is 24.1 Å². The third-order valence-electron chi connectivity index (χ3n) is 7.66. The Labute approximate surface area is 224 Å². The van der Waals surface area contributed by atoms with Crippen LogP contribution in [0.15, 0.2) is 40.5 Å².